The van der Waals surface area contributed by atoms with Gasteiger partial charge in [-0.1, -0.05) is 87.7 Å². The van der Waals surface area contributed by atoms with E-state index in [-0.39, 0.29) is 42.1 Å². The number of piperazine rings is 1. The van der Waals surface area contributed by atoms with Crippen LogP contribution in [0.3, 0.4) is 0 Å². The summed E-state index contributed by atoms with van der Waals surface area (Å²) in [4.78, 5) is 67.2. The smallest absolute Gasteiger partial charge is 0.326 e. The third-order valence-electron chi connectivity index (χ3n) is 11.6. The number of benzene rings is 2. The largest absolute Gasteiger partial charge is 0.480 e. The van der Waals surface area contributed by atoms with E-state index in [9.17, 15) is 29.1 Å². The molecule has 11 heteroatoms. The lowest BCUT2D eigenvalue weighted by Crippen LogP contribution is -2.56. The molecule has 1 saturated heterocycles. The van der Waals surface area contributed by atoms with Gasteiger partial charge in [0, 0.05) is 43.7 Å². The average molecular weight is 752 g/mol. The van der Waals surface area contributed by atoms with E-state index >= 15 is 0 Å². The number of primary amides is 1. The minimum absolute atomic E-state index is 0.0392. The second-order valence-electron chi connectivity index (χ2n) is 15.7. The number of hydrogen-bond acceptors (Lipinski definition) is 6. The first kappa shape index (κ1) is 41.1. The van der Waals surface area contributed by atoms with Crippen LogP contribution in [-0.2, 0) is 32.0 Å². The van der Waals surface area contributed by atoms with Crippen molar-refractivity contribution < 1.29 is 29.1 Å². The van der Waals surface area contributed by atoms with Gasteiger partial charge >= 0.3 is 5.97 Å². The molecule has 7 rings (SSSR count). The lowest BCUT2D eigenvalue weighted by molar-refractivity contribution is -0.152. The lowest BCUT2D eigenvalue weighted by Gasteiger charge is -2.45. The molecule has 3 heterocycles. The summed E-state index contributed by atoms with van der Waals surface area (Å²) in [7, 11) is 0. The average Bonchev–Trinajstić information content (AvgIpc) is 3.21. The maximum Gasteiger partial charge on any atom is 0.326 e. The Morgan fingerprint density at radius 3 is 2.18 bits per heavy atom. The molecule has 11 nitrogen and oxygen atoms in total. The van der Waals surface area contributed by atoms with Gasteiger partial charge in [0.15, 0.2) is 0 Å². The highest BCUT2D eigenvalue weighted by molar-refractivity contribution is 5.92. The predicted octanol–water partition coefficient (Wildman–Crippen LogP) is 5.98. The topological polar surface area (TPSA) is 163 Å². The van der Waals surface area contributed by atoms with Gasteiger partial charge in [-0.05, 0) is 85.6 Å². The molecule has 0 spiro atoms. The van der Waals surface area contributed by atoms with Crippen LogP contribution in [0.25, 0.3) is 0 Å². The van der Waals surface area contributed by atoms with Crippen LogP contribution in [0.1, 0.15) is 105 Å². The van der Waals surface area contributed by atoms with E-state index < -0.39 is 17.9 Å². The molecular weight excluding hydrogens is 695 g/mol. The van der Waals surface area contributed by atoms with E-state index in [1.807, 2.05) is 46.2 Å². The number of nitrogens with zero attached hydrogens (tertiary/aromatic N) is 3. The molecule has 1 unspecified atom stereocenters. The Kier molecular flexibility index (Phi) is 15.0. The third kappa shape index (κ3) is 11.5. The van der Waals surface area contributed by atoms with Crippen molar-refractivity contribution in [1.82, 2.24) is 20.1 Å². The van der Waals surface area contributed by atoms with Gasteiger partial charge in [0.05, 0.1) is 18.2 Å². The highest BCUT2D eigenvalue weighted by Gasteiger charge is 2.40. The summed E-state index contributed by atoms with van der Waals surface area (Å²) in [6.07, 6.45) is 13.7. The number of fused-ring (bicyclic) bond motifs is 3. The molecular formula is C44H57N5O6. The number of nitrogens with one attached hydrogen (secondary N) is 1. The number of carboxylic acids is 1. The Morgan fingerprint density at radius 2 is 1.56 bits per heavy atom. The van der Waals surface area contributed by atoms with Gasteiger partial charge in [0.2, 0.25) is 23.6 Å². The van der Waals surface area contributed by atoms with Gasteiger partial charge < -0.3 is 26.0 Å². The lowest BCUT2D eigenvalue weighted by atomic mass is 9.76. The molecule has 0 radical (unpaired) electrons. The van der Waals surface area contributed by atoms with E-state index in [0.29, 0.717) is 30.4 Å². The number of carboxylic acid groups (broad SMARTS) is 1. The van der Waals surface area contributed by atoms with Crippen LogP contribution in [-0.4, -0.2) is 75.2 Å². The zero-order chi connectivity index (χ0) is 39.3. The number of pyridine rings is 1. The number of aliphatic carboxylic acids is 1. The van der Waals surface area contributed by atoms with Crippen molar-refractivity contribution in [3.63, 3.8) is 0 Å². The Morgan fingerprint density at radius 1 is 0.873 bits per heavy atom. The standard InChI is InChI=1S/C19H24N2O2.C19H27NO3.C6H6N2O/c22-18-13-20(19(23)15-7-2-1-3-8-15)12-17-16-9-5-4-6-14(16)10-11-21(17)18;1-13(2)15-8-10-16(11-9-15)18(21)20-17(19(22)23)12-14-6-4-3-5-7-14;7-6(9)5-2-1-3-8-4-5/h4-6,9,15,17H,1-3,7-8,10-13H2;3-7,13,15-17H,8-12H2,1-2H3,(H,20,21)(H,22,23);1-4H,(H2,7,9)/t;15-,16-,17-;/m.1./s1. The number of amides is 4. The molecule has 4 amide bonds. The molecule has 55 heavy (non-hydrogen) atoms. The van der Waals surface area contributed by atoms with Crippen LogP contribution in [0, 0.1) is 23.7 Å². The second kappa shape index (κ2) is 20.0. The maximum atomic E-state index is 12.8. The zero-order valence-electron chi connectivity index (χ0n) is 32.3. The van der Waals surface area contributed by atoms with Crippen molar-refractivity contribution in [3.8, 4) is 0 Å². The molecule has 2 aliphatic carbocycles. The van der Waals surface area contributed by atoms with E-state index in [1.165, 1.54) is 23.7 Å². The molecule has 0 bridgehead atoms. The van der Waals surface area contributed by atoms with Crippen molar-refractivity contribution in [1.29, 1.82) is 0 Å². The molecule has 3 fully saturated rings. The Labute approximate surface area is 325 Å². The number of carbonyl (C=O) groups is 5. The predicted molar refractivity (Wildman–Crippen MR) is 211 cm³/mol. The van der Waals surface area contributed by atoms with Gasteiger partial charge in [-0.25, -0.2) is 4.79 Å². The van der Waals surface area contributed by atoms with E-state index in [2.05, 4.69) is 42.3 Å². The van der Waals surface area contributed by atoms with Crippen LogP contribution in [0.5, 0.6) is 0 Å². The van der Waals surface area contributed by atoms with Gasteiger partial charge in [-0.15, -0.1) is 0 Å². The van der Waals surface area contributed by atoms with Gasteiger partial charge in [0.25, 0.3) is 0 Å². The number of rotatable bonds is 8. The summed E-state index contributed by atoms with van der Waals surface area (Å²) in [5.74, 6) is 0.254. The normalized spacial score (nSPS) is 21.4. The van der Waals surface area contributed by atoms with Crippen molar-refractivity contribution >= 4 is 29.6 Å². The molecule has 2 aliphatic heterocycles. The molecule has 2 aromatic carbocycles. The van der Waals surface area contributed by atoms with Gasteiger partial charge in [-0.3, -0.25) is 24.2 Å². The monoisotopic (exact) mass is 751 g/mol. The Bertz CT molecular complexity index is 1740. The fourth-order valence-electron chi connectivity index (χ4n) is 8.35. The summed E-state index contributed by atoms with van der Waals surface area (Å²) in [5, 5.41) is 12.1. The summed E-state index contributed by atoms with van der Waals surface area (Å²) in [5.41, 5.74) is 8.85. The van der Waals surface area contributed by atoms with Gasteiger partial charge in [0.1, 0.15) is 6.04 Å². The van der Waals surface area contributed by atoms with E-state index in [1.54, 1.807) is 18.3 Å². The number of carbonyl (C=O) groups excluding carboxylic acids is 4. The molecule has 4 aliphatic rings. The molecule has 1 aromatic heterocycles. The van der Waals surface area contributed by atoms with Crippen molar-refractivity contribution in [2.24, 2.45) is 29.4 Å². The first-order chi connectivity index (χ1) is 26.5. The fourth-order valence-corrected chi connectivity index (χ4v) is 8.35. The summed E-state index contributed by atoms with van der Waals surface area (Å²) < 4.78 is 0. The third-order valence-corrected chi connectivity index (χ3v) is 11.6. The quantitative estimate of drug-likeness (QED) is 0.255. The summed E-state index contributed by atoms with van der Waals surface area (Å²) in [6.45, 7) is 6.18. The first-order valence-corrected chi connectivity index (χ1v) is 19.9. The number of aromatic nitrogens is 1. The Hall–Kier alpha value is -5.06. The summed E-state index contributed by atoms with van der Waals surface area (Å²) >= 11 is 0. The Balaban J connectivity index is 0.000000173. The molecule has 3 aromatic rings. The first-order valence-electron chi connectivity index (χ1n) is 19.9. The molecule has 2 atom stereocenters. The van der Waals surface area contributed by atoms with Crippen LogP contribution in [0.15, 0.2) is 79.1 Å². The minimum atomic E-state index is -0.974. The second-order valence-corrected chi connectivity index (χ2v) is 15.7. The fraction of sp³-hybridized carbons (Fsp3) is 0.500. The number of hydrogen-bond donors (Lipinski definition) is 3. The maximum absolute atomic E-state index is 12.8. The van der Waals surface area contributed by atoms with Crippen LogP contribution in [0.4, 0.5) is 0 Å². The SMILES string of the molecule is CC(C)[C@H]1CC[C@H](C(=O)N[C@H](Cc2ccccc2)C(=O)O)CC1.NC(=O)c1cccnc1.O=C(C1CCCCC1)N1CC(=O)N2CCc3ccccc3C2C1. The number of nitrogens with two attached hydrogens (primary N) is 1. The van der Waals surface area contributed by atoms with Crippen molar-refractivity contribution in [3.05, 3.63) is 101 Å². The summed E-state index contributed by atoms with van der Waals surface area (Å²) in [6, 6.07) is 20.3. The van der Waals surface area contributed by atoms with E-state index in [4.69, 9.17) is 5.73 Å². The van der Waals surface area contributed by atoms with Gasteiger partial charge in [-0.2, -0.15) is 0 Å². The zero-order valence-corrected chi connectivity index (χ0v) is 32.3. The molecule has 4 N–H and O–H groups in total. The van der Waals surface area contributed by atoms with Crippen LogP contribution < -0.4 is 11.1 Å². The molecule has 294 valence electrons. The van der Waals surface area contributed by atoms with Crippen molar-refractivity contribution in [2.75, 3.05) is 19.6 Å². The molecule has 2 saturated carbocycles. The highest BCUT2D eigenvalue weighted by atomic mass is 16.4. The van der Waals surface area contributed by atoms with Crippen molar-refractivity contribution in [2.45, 2.75) is 96.6 Å². The van der Waals surface area contributed by atoms with E-state index in [0.717, 1.165) is 69.9 Å². The minimum Gasteiger partial charge on any atom is -0.480 e. The van der Waals surface area contributed by atoms with Crippen LogP contribution in [0.2, 0.25) is 0 Å². The highest BCUT2D eigenvalue weighted by Crippen LogP contribution is 2.35. The van der Waals surface area contributed by atoms with Crippen LogP contribution >= 0.6 is 0 Å².